The van der Waals surface area contributed by atoms with Crippen LogP contribution in [0.1, 0.15) is 44.9 Å². The van der Waals surface area contributed by atoms with E-state index in [1.54, 1.807) is 12.1 Å². The van der Waals surface area contributed by atoms with Gasteiger partial charge in [-0.1, -0.05) is 19.3 Å². The molecule has 3 N–H and O–H groups in total. The number of carbonyl (C=O) groups is 3. The smallest absolute Gasteiger partial charge is 0.313 e. The van der Waals surface area contributed by atoms with Crippen molar-refractivity contribution in [3.8, 4) is 0 Å². The van der Waals surface area contributed by atoms with E-state index in [2.05, 4.69) is 20.9 Å². The highest BCUT2D eigenvalue weighted by Crippen LogP contribution is 2.29. The van der Waals surface area contributed by atoms with Crippen LogP contribution in [0.5, 0.6) is 0 Å². The molecule has 1 aromatic rings. The molecule has 2 saturated carbocycles. The summed E-state index contributed by atoms with van der Waals surface area (Å²) in [6.45, 7) is 0. The first-order valence-corrected chi connectivity index (χ1v) is 8.50. The zero-order valence-electron chi connectivity index (χ0n) is 13.5. The van der Waals surface area contributed by atoms with Gasteiger partial charge in [0.1, 0.15) is 5.82 Å². The highest BCUT2D eigenvalue weighted by Gasteiger charge is 2.29. The molecule has 0 saturated heterocycles. The second-order valence-corrected chi connectivity index (χ2v) is 6.46. The van der Waals surface area contributed by atoms with Crippen LogP contribution in [0.2, 0.25) is 0 Å². The van der Waals surface area contributed by atoms with Crippen LogP contribution in [0, 0.1) is 5.92 Å². The lowest BCUT2D eigenvalue weighted by atomic mass is 9.95. The van der Waals surface area contributed by atoms with Crippen LogP contribution < -0.4 is 16.0 Å². The molecule has 3 rings (SSSR count). The summed E-state index contributed by atoms with van der Waals surface area (Å²) in [5.41, 5.74) is 0.420. The number of nitrogens with zero attached hydrogens (tertiary/aromatic N) is 1. The van der Waals surface area contributed by atoms with E-state index >= 15 is 0 Å². The van der Waals surface area contributed by atoms with Crippen LogP contribution in [-0.2, 0) is 14.4 Å². The van der Waals surface area contributed by atoms with Crippen molar-refractivity contribution in [3.63, 3.8) is 0 Å². The normalized spacial score (nSPS) is 17.8. The van der Waals surface area contributed by atoms with Crippen molar-refractivity contribution in [1.29, 1.82) is 0 Å². The third-order valence-electron chi connectivity index (χ3n) is 4.37. The third-order valence-corrected chi connectivity index (χ3v) is 4.37. The molecule has 0 spiro atoms. The standard InChI is InChI=1S/C17H22N4O3/c22-15(11-6-7-11)21-14-9-8-13(10-18-14)20-17(24)16(23)19-12-4-2-1-3-5-12/h8-12H,1-7H2,(H,19,23)(H,20,24)(H,18,21,22). The van der Waals surface area contributed by atoms with Crippen LogP contribution in [0.25, 0.3) is 0 Å². The van der Waals surface area contributed by atoms with E-state index in [-0.39, 0.29) is 17.9 Å². The maximum absolute atomic E-state index is 11.9. The Labute approximate surface area is 140 Å². The number of hydrogen-bond acceptors (Lipinski definition) is 4. The first-order chi connectivity index (χ1) is 11.6. The summed E-state index contributed by atoms with van der Waals surface area (Å²) in [5, 5.41) is 8.01. The number of pyridine rings is 1. The van der Waals surface area contributed by atoms with Gasteiger partial charge in [0.15, 0.2) is 0 Å². The lowest BCUT2D eigenvalue weighted by molar-refractivity contribution is -0.136. The summed E-state index contributed by atoms with van der Waals surface area (Å²) in [5.74, 6) is -0.789. The van der Waals surface area contributed by atoms with Crippen molar-refractivity contribution in [3.05, 3.63) is 18.3 Å². The summed E-state index contributed by atoms with van der Waals surface area (Å²) in [4.78, 5) is 39.6. The minimum Gasteiger partial charge on any atom is -0.345 e. The van der Waals surface area contributed by atoms with Crippen LogP contribution in [0.4, 0.5) is 11.5 Å². The lowest BCUT2D eigenvalue weighted by Crippen LogP contribution is -2.42. The van der Waals surface area contributed by atoms with Gasteiger partial charge in [-0.3, -0.25) is 14.4 Å². The molecule has 0 radical (unpaired) electrons. The molecule has 2 fully saturated rings. The molecule has 0 unspecified atom stereocenters. The Morgan fingerprint density at radius 2 is 1.67 bits per heavy atom. The zero-order valence-corrected chi connectivity index (χ0v) is 13.5. The van der Waals surface area contributed by atoms with Crippen LogP contribution >= 0.6 is 0 Å². The summed E-state index contributed by atoms with van der Waals surface area (Å²) >= 11 is 0. The largest absolute Gasteiger partial charge is 0.345 e. The fraction of sp³-hybridized carbons (Fsp3) is 0.529. The van der Waals surface area contributed by atoms with E-state index in [9.17, 15) is 14.4 Å². The highest BCUT2D eigenvalue weighted by atomic mass is 16.2. The second kappa shape index (κ2) is 7.42. The van der Waals surface area contributed by atoms with Crippen molar-refractivity contribution in [2.24, 2.45) is 5.92 Å². The molecule has 128 valence electrons. The number of carbonyl (C=O) groups excluding carboxylic acids is 3. The van der Waals surface area contributed by atoms with Crippen LogP contribution in [-0.4, -0.2) is 28.7 Å². The van der Waals surface area contributed by atoms with Gasteiger partial charge in [0.05, 0.1) is 11.9 Å². The van der Waals surface area contributed by atoms with Crippen LogP contribution in [0.15, 0.2) is 18.3 Å². The molecule has 0 aromatic carbocycles. The average molecular weight is 330 g/mol. The van der Waals surface area contributed by atoms with Crippen molar-refractivity contribution in [2.45, 2.75) is 51.0 Å². The topological polar surface area (TPSA) is 100 Å². The fourth-order valence-corrected chi connectivity index (χ4v) is 2.80. The Balaban J connectivity index is 1.48. The Morgan fingerprint density at radius 1 is 0.917 bits per heavy atom. The molecule has 7 heteroatoms. The van der Waals surface area contributed by atoms with Crippen molar-refractivity contribution in [1.82, 2.24) is 10.3 Å². The molecule has 2 aliphatic carbocycles. The number of amides is 3. The maximum Gasteiger partial charge on any atom is 0.313 e. The molecule has 7 nitrogen and oxygen atoms in total. The number of aromatic nitrogens is 1. The quantitative estimate of drug-likeness (QED) is 0.733. The van der Waals surface area contributed by atoms with Gasteiger partial charge in [-0.2, -0.15) is 0 Å². The summed E-state index contributed by atoms with van der Waals surface area (Å²) < 4.78 is 0. The SMILES string of the molecule is O=C(Nc1ccc(NC(=O)C2CC2)nc1)C(=O)NC1CCCCC1. The monoisotopic (exact) mass is 330 g/mol. The van der Waals surface area contributed by atoms with Gasteiger partial charge in [0, 0.05) is 12.0 Å². The van der Waals surface area contributed by atoms with E-state index in [1.165, 1.54) is 12.6 Å². The molecule has 1 heterocycles. The minimum atomic E-state index is -0.697. The lowest BCUT2D eigenvalue weighted by Gasteiger charge is -2.22. The fourth-order valence-electron chi connectivity index (χ4n) is 2.80. The van der Waals surface area contributed by atoms with Gasteiger partial charge >= 0.3 is 11.8 Å². The Hall–Kier alpha value is -2.44. The Kier molecular flexibility index (Phi) is 5.08. The van der Waals surface area contributed by atoms with E-state index in [1.807, 2.05) is 0 Å². The van der Waals surface area contributed by atoms with E-state index in [0.29, 0.717) is 11.5 Å². The van der Waals surface area contributed by atoms with Crippen molar-refractivity contribution < 1.29 is 14.4 Å². The first-order valence-electron chi connectivity index (χ1n) is 8.50. The van der Waals surface area contributed by atoms with Crippen LogP contribution in [0.3, 0.4) is 0 Å². The number of hydrogen-bond donors (Lipinski definition) is 3. The predicted molar refractivity (Wildman–Crippen MR) is 89.2 cm³/mol. The predicted octanol–water partition coefficient (Wildman–Crippen LogP) is 1.82. The summed E-state index contributed by atoms with van der Waals surface area (Å²) in [6.07, 6.45) is 8.50. The second-order valence-electron chi connectivity index (χ2n) is 6.46. The van der Waals surface area contributed by atoms with Gasteiger partial charge in [-0.05, 0) is 37.8 Å². The Bertz CT molecular complexity index is 619. The summed E-state index contributed by atoms with van der Waals surface area (Å²) in [7, 11) is 0. The van der Waals surface area contributed by atoms with Gasteiger partial charge < -0.3 is 16.0 Å². The zero-order chi connectivity index (χ0) is 16.9. The Morgan fingerprint density at radius 3 is 2.29 bits per heavy atom. The molecule has 0 aliphatic heterocycles. The van der Waals surface area contributed by atoms with Gasteiger partial charge in [0.25, 0.3) is 0 Å². The van der Waals surface area contributed by atoms with E-state index in [0.717, 1.165) is 38.5 Å². The molecule has 1 aromatic heterocycles. The van der Waals surface area contributed by atoms with Crippen molar-refractivity contribution in [2.75, 3.05) is 10.6 Å². The number of nitrogens with one attached hydrogen (secondary N) is 3. The van der Waals surface area contributed by atoms with E-state index in [4.69, 9.17) is 0 Å². The summed E-state index contributed by atoms with van der Waals surface area (Å²) in [6, 6.07) is 3.31. The van der Waals surface area contributed by atoms with Crippen molar-refractivity contribution >= 4 is 29.2 Å². The molecule has 2 aliphatic rings. The first kappa shape index (κ1) is 16.4. The van der Waals surface area contributed by atoms with Gasteiger partial charge in [0.2, 0.25) is 5.91 Å². The minimum absolute atomic E-state index is 0.0221. The highest BCUT2D eigenvalue weighted by molar-refractivity contribution is 6.39. The van der Waals surface area contributed by atoms with Gasteiger partial charge in [-0.25, -0.2) is 4.98 Å². The van der Waals surface area contributed by atoms with E-state index < -0.39 is 11.8 Å². The molecular weight excluding hydrogens is 308 g/mol. The average Bonchev–Trinajstić information content (AvgIpc) is 3.42. The number of anilines is 2. The molecular formula is C17H22N4O3. The van der Waals surface area contributed by atoms with Gasteiger partial charge in [-0.15, -0.1) is 0 Å². The molecule has 0 atom stereocenters. The molecule has 3 amide bonds. The maximum atomic E-state index is 11.9. The molecule has 24 heavy (non-hydrogen) atoms. The number of rotatable bonds is 4. The molecule has 0 bridgehead atoms. The third kappa shape index (κ3) is 4.53.